The molecule has 3 aromatic carbocycles. The van der Waals surface area contributed by atoms with Gasteiger partial charge in [-0.2, -0.15) is 0 Å². The maximum absolute atomic E-state index is 13.5. The van der Waals surface area contributed by atoms with E-state index in [1.165, 1.54) is 11.8 Å². The summed E-state index contributed by atoms with van der Waals surface area (Å²) < 4.78 is 7.17. The fourth-order valence-electron chi connectivity index (χ4n) is 3.04. The number of rotatable bonds is 4. The van der Waals surface area contributed by atoms with Crippen LogP contribution in [0.2, 0.25) is 10.0 Å². The van der Waals surface area contributed by atoms with Crippen molar-refractivity contribution in [3.05, 3.63) is 90.1 Å². The van der Waals surface area contributed by atoms with Crippen LogP contribution in [0.15, 0.2) is 79.5 Å². The number of thioether (sulfide) groups is 1. The molecule has 1 amide bonds. The number of carbonyl (C=O) groups excluding carboxylic acids is 1. The fraction of sp³-hybridized carbons (Fsp3) is 0.0435. The molecule has 32 heavy (non-hydrogen) atoms. The van der Waals surface area contributed by atoms with Gasteiger partial charge < -0.3 is 4.74 Å². The molecule has 3 aromatic rings. The summed E-state index contributed by atoms with van der Waals surface area (Å²) in [5.41, 5.74) is 2.12. The van der Waals surface area contributed by atoms with Crippen molar-refractivity contribution < 1.29 is 9.53 Å². The lowest BCUT2D eigenvalue weighted by Crippen LogP contribution is -2.28. The van der Waals surface area contributed by atoms with E-state index in [1.54, 1.807) is 66.6 Å². The molecule has 0 N–H and O–H groups in total. The van der Waals surface area contributed by atoms with Gasteiger partial charge in [0.1, 0.15) is 5.75 Å². The first kappa shape index (κ1) is 23.4. The highest BCUT2D eigenvalue weighted by atomic mass is 79.9. The second-order valence-corrected chi connectivity index (χ2v) is 10.3. The van der Waals surface area contributed by atoms with Gasteiger partial charge in [-0.25, -0.2) is 4.99 Å². The van der Waals surface area contributed by atoms with Crippen LogP contribution in [0, 0.1) is 0 Å². The van der Waals surface area contributed by atoms with Crippen LogP contribution in [0.4, 0.5) is 11.4 Å². The van der Waals surface area contributed by atoms with Crippen LogP contribution in [-0.4, -0.2) is 18.2 Å². The van der Waals surface area contributed by atoms with Gasteiger partial charge in [-0.05, 0) is 94.4 Å². The summed E-state index contributed by atoms with van der Waals surface area (Å²) in [6.45, 7) is 0. The van der Waals surface area contributed by atoms with E-state index in [4.69, 9.17) is 32.9 Å². The summed E-state index contributed by atoms with van der Waals surface area (Å²) in [5, 5.41) is 1.73. The molecule has 0 radical (unpaired) electrons. The third-order valence-electron chi connectivity index (χ3n) is 4.47. The van der Waals surface area contributed by atoms with E-state index in [0.717, 1.165) is 14.5 Å². The third-order valence-corrected chi connectivity index (χ3v) is 6.99. The number of amidine groups is 1. The fourth-order valence-corrected chi connectivity index (χ4v) is 5.70. The smallest absolute Gasteiger partial charge is 0.271 e. The van der Waals surface area contributed by atoms with Crippen molar-refractivity contribution in [2.24, 2.45) is 4.99 Å². The number of ether oxygens (including phenoxy) is 1. The molecule has 1 heterocycles. The van der Waals surface area contributed by atoms with E-state index in [9.17, 15) is 4.79 Å². The first-order chi connectivity index (χ1) is 15.4. The van der Waals surface area contributed by atoms with Crippen molar-refractivity contribution in [1.82, 2.24) is 0 Å². The predicted molar refractivity (Wildman–Crippen MR) is 141 cm³/mol. The normalized spacial score (nSPS) is 16.3. The highest BCUT2D eigenvalue weighted by molar-refractivity contribution is 9.11. The lowest BCUT2D eigenvalue weighted by molar-refractivity contribution is -0.113. The molecule has 4 rings (SSSR count). The Morgan fingerprint density at radius 3 is 2.25 bits per heavy atom. The zero-order valence-corrected chi connectivity index (χ0v) is 22.0. The summed E-state index contributed by atoms with van der Waals surface area (Å²) in [5.74, 6) is 0.443. The zero-order valence-electron chi connectivity index (χ0n) is 16.5. The van der Waals surface area contributed by atoms with Gasteiger partial charge in [-0.15, -0.1) is 0 Å². The van der Waals surface area contributed by atoms with Crippen LogP contribution in [-0.2, 0) is 4.79 Å². The van der Waals surface area contributed by atoms with Crippen LogP contribution in [0.3, 0.4) is 0 Å². The molecule has 0 bridgehead atoms. The zero-order chi connectivity index (χ0) is 22.8. The third kappa shape index (κ3) is 5.07. The van der Waals surface area contributed by atoms with Gasteiger partial charge >= 0.3 is 0 Å². The van der Waals surface area contributed by atoms with Gasteiger partial charge in [-0.3, -0.25) is 9.69 Å². The minimum atomic E-state index is -0.191. The molecule has 1 aliphatic heterocycles. The average Bonchev–Trinajstić information content (AvgIpc) is 3.05. The van der Waals surface area contributed by atoms with E-state index in [1.807, 2.05) is 12.1 Å². The first-order valence-corrected chi connectivity index (χ1v) is 12.4. The molecule has 0 spiro atoms. The van der Waals surface area contributed by atoms with Gasteiger partial charge in [0.05, 0.1) is 27.9 Å². The molecular weight excluding hydrogens is 599 g/mol. The molecular formula is C23H14Br2Cl2N2O2S. The average molecular weight is 613 g/mol. The van der Waals surface area contributed by atoms with Crippen LogP contribution in [0.25, 0.3) is 6.08 Å². The maximum atomic E-state index is 13.5. The Hall–Kier alpha value is -1.77. The molecule has 0 aliphatic carbocycles. The second kappa shape index (κ2) is 10.0. The van der Waals surface area contributed by atoms with Crippen LogP contribution in [0.5, 0.6) is 5.75 Å². The largest absolute Gasteiger partial charge is 0.495 e. The molecule has 0 saturated carbocycles. The number of nitrogens with zero attached hydrogens (tertiary/aromatic N) is 2. The molecule has 4 nitrogen and oxygen atoms in total. The Kier molecular flexibility index (Phi) is 7.32. The molecule has 1 aliphatic rings. The van der Waals surface area contributed by atoms with Crippen LogP contribution in [0.1, 0.15) is 5.56 Å². The van der Waals surface area contributed by atoms with E-state index >= 15 is 0 Å². The number of hydrogen-bond acceptors (Lipinski definition) is 4. The lowest BCUT2D eigenvalue weighted by Gasteiger charge is -2.15. The second-order valence-electron chi connectivity index (χ2n) is 6.61. The molecule has 1 saturated heterocycles. The molecule has 0 aromatic heterocycles. The topological polar surface area (TPSA) is 41.9 Å². The van der Waals surface area contributed by atoms with Crippen molar-refractivity contribution in [2.45, 2.75) is 0 Å². The summed E-state index contributed by atoms with van der Waals surface area (Å²) >= 11 is 20.3. The number of hydrogen-bond donors (Lipinski definition) is 0. The van der Waals surface area contributed by atoms with Crippen LogP contribution >= 0.6 is 66.8 Å². The van der Waals surface area contributed by atoms with Crippen molar-refractivity contribution in [1.29, 1.82) is 0 Å². The number of amides is 1. The van der Waals surface area contributed by atoms with Crippen molar-refractivity contribution in [3.8, 4) is 5.75 Å². The summed E-state index contributed by atoms with van der Waals surface area (Å²) in [4.78, 5) is 20.2. The first-order valence-electron chi connectivity index (χ1n) is 9.22. The van der Waals surface area contributed by atoms with E-state index in [0.29, 0.717) is 37.2 Å². The number of benzene rings is 3. The monoisotopic (exact) mass is 610 g/mol. The minimum absolute atomic E-state index is 0.191. The molecule has 1 fully saturated rings. The Bertz CT molecular complexity index is 1250. The van der Waals surface area contributed by atoms with Gasteiger partial charge in [0.15, 0.2) is 5.17 Å². The maximum Gasteiger partial charge on any atom is 0.271 e. The summed E-state index contributed by atoms with van der Waals surface area (Å²) in [6, 6.07) is 18.0. The Morgan fingerprint density at radius 1 is 1.00 bits per heavy atom. The van der Waals surface area contributed by atoms with Crippen molar-refractivity contribution >= 4 is 95.3 Å². The van der Waals surface area contributed by atoms with E-state index < -0.39 is 0 Å². The standard InChI is InChI=1S/C23H14Br2Cl2N2O2S/c1-31-21-13(10-14(24)12-19(21)25)11-20-22(30)29(18-8-4-16(27)5-9-18)23(32-20)28-17-6-2-15(26)3-7-17/h2-12H,1H3/b20-11-,28-23?. The van der Waals surface area contributed by atoms with Crippen molar-refractivity contribution in [2.75, 3.05) is 12.0 Å². The number of anilines is 1. The summed E-state index contributed by atoms with van der Waals surface area (Å²) in [6.07, 6.45) is 1.80. The molecule has 162 valence electrons. The summed E-state index contributed by atoms with van der Waals surface area (Å²) in [7, 11) is 1.59. The predicted octanol–water partition coefficient (Wildman–Crippen LogP) is 8.34. The van der Waals surface area contributed by atoms with Gasteiger partial charge in [0.2, 0.25) is 0 Å². The molecule has 0 unspecified atom stereocenters. The van der Waals surface area contributed by atoms with Gasteiger partial charge in [0, 0.05) is 20.1 Å². The number of carbonyl (C=O) groups is 1. The highest BCUT2D eigenvalue weighted by Crippen LogP contribution is 2.40. The van der Waals surface area contributed by atoms with Gasteiger partial charge in [-0.1, -0.05) is 39.1 Å². The van der Waals surface area contributed by atoms with Crippen molar-refractivity contribution in [3.63, 3.8) is 0 Å². The number of aliphatic imine (C=N–C) groups is 1. The van der Waals surface area contributed by atoms with E-state index in [-0.39, 0.29) is 5.91 Å². The molecule has 9 heteroatoms. The SMILES string of the molecule is COc1c(Br)cc(Br)cc1/C=C1\SC(=Nc2ccc(Cl)cc2)N(c2ccc(Cl)cc2)C1=O. The molecule has 0 atom stereocenters. The quantitative estimate of drug-likeness (QED) is 0.278. The Labute approximate surface area is 216 Å². The highest BCUT2D eigenvalue weighted by Gasteiger charge is 2.35. The van der Waals surface area contributed by atoms with Crippen LogP contribution < -0.4 is 9.64 Å². The Balaban J connectivity index is 1.81. The number of methoxy groups -OCH3 is 1. The lowest BCUT2D eigenvalue weighted by atomic mass is 10.2. The van der Waals surface area contributed by atoms with E-state index in [2.05, 4.69) is 31.9 Å². The van der Waals surface area contributed by atoms with Gasteiger partial charge in [0.25, 0.3) is 5.91 Å². The number of halogens is 4. The minimum Gasteiger partial charge on any atom is -0.495 e. The Morgan fingerprint density at radius 2 is 1.62 bits per heavy atom.